The molecule has 4 aliphatic rings. The summed E-state index contributed by atoms with van der Waals surface area (Å²) in [6.45, 7) is 10.1. The summed E-state index contributed by atoms with van der Waals surface area (Å²) >= 11 is 8.85. The van der Waals surface area contributed by atoms with Crippen LogP contribution in [0.5, 0.6) is 0 Å². The number of ether oxygens (including phenoxy) is 3. The summed E-state index contributed by atoms with van der Waals surface area (Å²) in [5.74, 6) is 2.30. The molecule has 60 heavy (non-hydrogen) atoms. The first-order valence-corrected chi connectivity index (χ1v) is 20.3. The molecule has 4 aliphatic heterocycles. The van der Waals surface area contributed by atoms with Crippen LogP contribution in [-0.2, 0) is 26.6 Å². The molecule has 0 radical (unpaired) electrons. The molecule has 4 aromatic heterocycles. The fraction of sp³-hybridized carbons (Fsp3) is 0.514. The Kier molecular flexibility index (Phi) is 15.3. The molecule has 0 amide bonds. The lowest BCUT2D eigenvalue weighted by atomic mass is 10.1. The van der Waals surface area contributed by atoms with Crippen molar-refractivity contribution < 1.29 is 40.6 Å². The largest absolute Gasteiger partial charge is 0.417 e. The van der Waals surface area contributed by atoms with Crippen LogP contribution in [0.2, 0.25) is 5.15 Å². The van der Waals surface area contributed by atoms with Crippen molar-refractivity contribution >= 4 is 62.7 Å². The zero-order chi connectivity index (χ0) is 42.9. The molecule has 4 fully saturated rings. The molecule has 0 aromatic carbocycles. The minimum atomic E-state index is -4.57. The Morgan fingerprint density at radius 1 is 0.550 bits per heavy atom. The fourth-order valence-corrected chi connectivity index (χ4v) is 7.20. The predicted molar refractivity (Wildman–Crippen MR) is 218 cm³/mol. The van der Waals surface area contributed by atoms with Gasteiger partial charge in [-0.15, -0.1) is 0 Å². The van der Waals surface area contributed by atoms with E-state index < -0.39 is 23.5 Å². The van der Waals surface area contributed by atoms with Gasteiger partial charge in [-0.2, -0.15) is 36.3 Å². The van der Waals surface area contributed by atoms with Crippen LogP contribution in [0.15, 0.2) is 41.1 Å². The number of aromatic nitrogens is 6. The topological polar surface area (TPSA) is 170 Å². The Morgan fingerprint density at radius 3 is 1.52 bits per heavy atom. The number of rotatable bonds is 5. The molecule has 0 spiro atoms. The highest BCUT2D eigenvalue weighted by atomic mass is 79.9. The molecular weight excluding hydrogens is 890 g/mol. The molecule has 0 saturated carbocycles. The first-order valence-electron chi connectivity index (χ1n) is 19.1. The molecular formula is C37H44BrClF6N12O3. The molecule has 23 heteroatoms. The summed E-state index contributed by atoms with van der Waals surface area (Å²) in [5, 5.41) is 0.484. The number of halogens is 8. The highest BCUT2D eigenvalue weighted by molar-refractivity contribution is 9.10. The second kappa shape index (κ2) is 20.4. The van der Waals surface area contributed by atoms with Crippen molar-refractivity contribution in [2.24, 2.45) is 0 Å². The third-order valence-electron chi connectivity index (χ3n) is 9.66. The van der Waals surface area contributed by atoms with Gasteiger partial charge in [0.15, 0.2) is 0 Å². The standard InChI is InChI=1S/C19H23F3N6O.C12H17ClN4O2.C6H4BrF3N2/c20-19(21,22)14-10-16(23)24-12-13(14)15-11-17(27-6-8-29-9-7-27)26-18(25-15)28-4-2-1-3-5-28;13-10-9-11(16-1-5-18-6-2-16)15-12(14-10)17-3-7-19-8-4-17;7-4-2-12-5(11)1-3(4)6(8,9)10/h10-12H,1-9H2,(H2,23,24);9H,1-8H2;1-2H,(H2,11,12). The average Bonchev–Trinajstić information content (AvgIpc) is 3.25. The van der Waals surface area contributed by atoms with E-state index in [1.54, 1.807) is 6.07 Å². The molecule has 8 rings (SSSR count). The third kappa shape index (κ3) is 12.3. The van der Waals surface area contributed by atoms with Crippen molar-refractivity contribution in [3.63, 3.8) is 0 Å². The zero-order valence-corrected chi connectivity index (χ0v) is 34.7. The Balaban J connectivity index is 0.000000167. The van der Waals surface area contributed by atoms with Crippen LogP contribution >= 0.6 is 27.5 Å². The van der Waals surface area contributed by atoms with E-state index in [0.29, 0.717) is 62.4 Å². The van der Waals surface area contributed by atoms with Gasteiger partial charge in [0.05, 0.1) is 56.5 Å². The van der Waals surface area contributed by atoms with Gasteiger partial charge in [-0.05, 0) is 47.3 Å². The first kappa shape index (κ1) is 45.0. The Bertz CT molecular complexity index is 1960. The highest BCUT2D eigenvalue weighted by Crippen LogP contribution is 2.39. The SMILES string of the molecule is Clc1cc(N2CCOCC2)nc(N2CCOCC2)n1.Nc1cc(C(F)(F)F)c(-c2cc(N3CCOCC3)nc(N3CCCCC3)n2)cn1.Nc1cc(C(F)(F)F)c(Br)cn1. The first-order chi connectivity index (χ1) is 28.7. The number of nitrogens with zero attached hydrogens (tertiary/aromatic N) is 10. The van der Waals surface area contributed by atoms with Gasteiger partial charge >= 0.3 is 12.4 Å². The maximum absolute atomic E-state index is 13.7. The van der Waals surface area contributed by atoms with Gasteiger partial charge in [0.1, 0.15) is 28.4 Å². The highest BCUT2D eigenvalue weighted by Gasteiger charge is 2.36. The molecule has 326 valence electrons. The Labute approximate surface area is 355 Å². The summed E-state index contributed by atoms with van der Waals surface area (Å²) in [6.07, 6.45) is -3.64. The van der Waals surface area contributed by atoms with E-state index in [1.807, 2.05) is 15.9 Å². The summed E-state index contributed by atoms with van der Waals surface area (Å²) < 4.78 is 93.3. The van der Waals surface area contributed by atoms with Crippen molar-refractivity contribution in [1.82, 2.24) is 29.9 Å². The summed E-state index contributed by atoms with van der Waals surface area (Å²) in [6, 6.07) is 5.05. The van der Waals surface area contributed by atoms with Crippen LogP contribution in [-0.4, -0.2) is 122 Å². The molecule has 4 saturated heterocycles. The fourth-order valence-electron chi connectivity index (χ4n) is 6.59. The lowest BCUT2D eigenvalue weighted by Crippen LogP contribution is -2.39. The summed E-state index contributed by atoms with van der Waals surface area (Å²) in [5.41, 5.74) is 9.06. The van der Waals surface area contributed by atoms with Crippen molar-refractivity contribution in [3.05, 3.63) is 57.4 Å². The molecule has 15 nitrogen and oxygen atoms in total. The minimum Gasteiger partial charge on any atom is -0.384 e. The van der Waals surface area contributed by atoms with Gasteiger partial charge in [-0.3, -0.25) is 0 Å². The van der Waals surface area contributed by atoms with Gasteiger partial charge in [-0.1, -0.05) is 11.6 Å². The van der Waals surface area contributed by atoms with E-state index in [2.05, 4.69) is 55.6 Å². The smallest absolute Gasteiger partial charge is 0.384 e. The molecule has 0 bridgehead atoms. The van der Waals surface area contributed by atoms with Crippen LogP contribution in [0.1, 0.15) is 30.4 Å². The normalized spacial score (nSPS) is 17.7. The van der Waals surface area contributed by atoms with E-state index in [4.69, 9.17) is 37.3 Å². The molecule has 0 unspecified atom stereocenters. The number of anilines is 6. The summed E-state index contributed by atoms with van der Waals surface area (Å²) in [4.78, 5) is 33.8. The molecule has 0 aliphatic carbocycles. The number of hydrogen-bond donors (Lipinski definition) is 2. The van der Waals surface area contributed by atoms with Crippen LogP contribution in [0, 0.1) is 0 Å². The van der Waals surface area contributed by atoms with E-state index in [-0.39, 0.29) is 27.4 Å². The average molecular weight is 934 g/mol. The number of morpholine rings is 3. The van der Waals surface area contributed by atoms with E-state index in [0.717, 1.165) is 102 Å². The van der Waals surface area contributed by atoms with Gasteiger partial charge < -0.3 is 45.3 Å². The number of hydrogen-bond acceptors (Lipinski definition) is 15. The van der Waals surface area contributed by atoms with Crippen molar-refractivity contribution in [3.8, 4) is 11.3 Å². The molecule has 0 atom stereocenters. The number of pyridine rings is 2. The maximum Gasteiger partial charge on any atom is 0.417 e. The lowest BCUT2D eigenvalue weighted by molar-refractivity contribution is -0.138. The van der Waals surface area contributed by atoms with Crippen LogP contribution in [0.4, 0.5) is 61.5 Å². The number of nitrogens with two attached hydrogens (primary N) is 2. The Hall–Kier alpha value is -4.51. The molecule has 8 heterocycles. The maximum atomic E-state index is 13.7. The van der Waals surface area contributed by atoms with Crippen molar-refractivity contribution in [2.75, 3.05) is 123 Å². The number of nitrogen functional groups attached to an aromatic ring is 2. The number of alkyl halides is 6. The van der Waals surface area contributed by atoms with Gasteiger partial charge in [0.25, 0.3) is 0 Å². The zero-order valence-electron chi connectivity index (χ0n) is 32.4. The lowest BCUT2D eigenvalue weighted by Gasteiger charge is -2.31. The van der Waals surface area contributed by atoms with Crippen molar-refractivity contribution in [1.29, 1.82) is 0 Å². The second-order valence-electron chi connectivity index (χ2n) is 13.8. The van der Waals surface area contributed by atoms with Gasteiger partial charge in [0, 0.05) is 86.9 Å². The van der Waals surface area contributed by atoms with Crippen LogP contribution < -0.4 is 31.1 Å². The summed E-state index contributed by atoms with van der Waals surface area (Å²) in [7, 11) is 0. The van der Waals surface area contributed by atoms with Crippen molar-refractivity contribution in [2.45, 2.75) is 31.6 Å². The van der Waals surface area contributed by atoms with E-state index in [1.165, 1.54) is 0 Å². The van der Waals surface area contributed by atoms with Gasteiger partial charge in [-0.25, -0.2) is 19.9 Å². The van der Waals surface area contributed by atoms with Gasteiger partial charge in [0.2, 0.25) is 11.9 Å². The predicted octanol–water partition coefficient (Wildman–Crippen LogP) is 6.21. The second-order valence-corrected chi connectivity index (χ2v) is 15.1. The Morgan fingerprint density at radius 2 is 1.00 bits per heavy atom. The molecule has 4 N–H and O–H groups in total. The van der Waals surface area contributed by atoms with E-state index >= 15 is 0 Å². The quantitative estimate of drug-likeness (QED) is 0.171. The van der Waals surface area contributed by atoms with E-state index in [9.17, 15) is 26.3 Å². The minimum absolute atomic E-state index is 0.0955. The third-order valence-corrected chi connectivity index (χ3v) is 10.5. The number of piperidine rings is 1. The van der Waals surface area contributed by atoms with Crippen LogP contribution in [0.25, 0.3) is 11.3 Å². The monoisotopic (exact) mass is 932 g/mol. The molecule has 4 aromatic rings. The van der Waals surface area contributed by atoms with Crippen LogP contribution in [0.3, 0.4) is 0 Å².